The van der Waals surface area contributed by atoms with Gasteiger partial charge in [-0.25, -0.2) is 0 Å². The van der Waals surface area contributed by atoms with Crippen molar-refractivity contribution < 1.29 is 9.59 Å². The summed E-state index contributed by atoms with van der Waals surface area (Å²) in [6.07, 6.45) is 1.59. The summed E-state index contributed by atoms with van der Waals surface area (Å²) in [6.45, 7) is 2.41. The number of aromatic nitrogens is 1. The Balaban J connectivity index is 1.41. The van der Waals surface area contributed by atoms with E-state index in [0.717, 1.165) is 16.7 Å². The zero-order chi connectivity index (χ0) is 22.3. The van der Waals surface area contributed by atoms with Gasteiger partial charge >= 0.3 is 0 Å². The van der Waals surface area contributed by atoms with Gasteiger partial charge in [-0.15, -0.1) is 0 Å². The molecule has 0 fully saturated rings. The fourth-order valence-electron chi connectivity index (χ4n) is 3.34. The largest absolute Gasteiger partial charge is 0.347 e. The summed E-state index contributed by atoms with van der Waals surface area (Å²) in [7, 11) is 0. The molecule has 1 aromatic heterocycles. The third-order valence-corrected chi connectivity index (χ3v) is 5.10. The van der Waals surface area contributed by atoms with Crippen molar-refractivity contribution in [2.24, 2.45) is 0 Å². The lowest BCUT2D eigenvalue weighted by molar-refractivity contribution is 0.0945. The maximum absolute atomic E-state index is 13.0. The van der Waals surface area contributed by atoms with Gasteiger partial charge in [0.1, 0.15) is 5.69 Å². The third-order valence-electron chi connectivity index (χ3n) is 5.10. The fraction of sp³-hybridized carbons (Fsp3) is 0.0741. The van der Waals surface area contributed by atoms with Crippen LogP contribution in [-0.2, 0) is 6.54 Å². The molecule has 0 saturated heterocycles. The Hall–Kier alpha value is -4.25. The molecule has 32 heavy (non-hydrogen) atoms. The second-order valence-electron chi connectivity index (χ2n) is 7.46. The number of amides is 2. The van der Waals surface area contributed by atoms with Crippen molar-refractivity contribution in [3.63, 3.8) is 0 Å². The summed E-state index contributed by atoms with van der Waals surface area (Å²) in [5, 5.41) is 5.80. The molecule has 0 bridgehead atoms. The minimum atomic E-state index is -0.226. The van der Waals surface area contributed by atoms with Gasteiger partial charge in [0, 0.05) is 24.0 Å². The Labute approximate surface area is 187 Å². The van der Waals surface area contributed by atoms with Crippen LogP contribution in [0.2, 0.25) is 0 Å². The molecule has 0 aliphatic heterocycles. The van der Waals surface area contributed by atoms with Crippen LogP contribution in [0.1, 0.15) is 32.0 Å². The molecule has 0 saturated carbocycles. The summed E-state index contributed by atoms with van der Waals surface area (Å²) in [5.41, 5.74) is 5.67. The maximum Gasteiger partial charge on any atom is 0.270 e. The van der Waals surface area contributed by atoms with Crippen LogP contribution in [0.5, 0.6) is 0 Å². The molecular formula is C27H23N3O2. The number of aryl methyl sites for hydroxylation is 1. The molecule has 5 nitrogen and oxygen atoms in total. The first-order chi connectivity index (χ1) is 15.6. The lowest BCUT2D eigenvalue weighted by atomic mass is 9.98. The van der Waals surface area contributed by atoms with Crippen LogP contribution in [0.25, 0.3) is 11.1 Å². The van der Waals surface area contributed by atoms with E-state index in [4.69, 9.17) is 0 Å². The van der Waals surface area contributed by atoms with Crippen molar-refractivity contribution in [1.29, 1.82) is 0 Å². The van der Waals surface area contributed by atoms with Crippen LogP contribution in [0, 0.1) is 6.92 Å². The normalized spacial score (nSPS) is 10.4. The first-order valence-corrected chi connectivity index (χ1v) is 10.4. The van der Waals surface area contributed by atoms with Crippen LogP contribution in [-0.4, -0.2) is 16.8 Å². The van der Waals surface area contributed by atoms with E-state index in [-0.39, 0.29) is 11.8 Å². The molecule has 5 heteroatoms. The summed E-state index contributed by atoms with van der Waals surface area (Å²) >= 11 is 0. The van der Waals surface area contributed by atoms with E-state index < -0.39 is 0 Å². The molecule has 0 aliphatic rings. The Kier molecular flexibility index (Phi) is 6.37. The van der Waals surface area contributed by atoms with Gasteiger partial charge < -0.3 is 10.6 Å². The van der Waals surface area contributed by atoms with E-state index in [1.165, 1.54) is 5.56 Å². The van der Waals surface area contributed by atoms with Gasteiger partial charge in [-0.3, -0.25) is 14.6 Å². The Morgan fingerprint density at radius 3 is 2.22 bits per heavy atom. The molecule has 0 unspecified atom stereocenters. The molecule has 2 amide bonds. The standard InChI is InChI=1S/C27H23N3O2/c1-19-9-13-21(14-10-19)23-6-2-3-7-24(23)26(31)30-22-15-11-20(12-16-22)18-29-27(32)25-8-4-5-17-28-25/h2-17H,18H2,1H3,(H,29,32)(H,30,31). The van der Waals surface area contributed by atoms with E-state index in [1.54, 1.807) is 24.4 Å². The molecule has 3 aromatic carbocycles. The first-order valence-electron chi connectivity index (χ1n) is 10.4. The SMILES string of the molecule is Cc1ccc(-c2ccccc2C(=O)Nc2ccc(CNC(=O)c3ccccn3)cc2)cc1. The molecular weight excluding hydrogens is 398 g/mol. The minimum Gasteiger partial charge on any atom is -0.347 e. The van der Waals surface area contributed by atoms with Crippen LogP contribution in [0.15, 0.2) is 97.2 Å². The quantitative estimate of drug-likeness (QED) is 0.447. The molecule has 0 aliphatic carbocycles. The summed E-state index contributed by atoms with van der Waals surface area (Å²) in [6, 6.07) is 28.3. The van der Waals surface area contributed by atoms with Gasteiger partial charge in [-0.1, -0.05) is 66.2 Å². The van der Waals surface area contributed by atoms with Gasteiger partial charge in [-0.05, 0) is 53.9 Å². The van der Waals surface area contributed by atoms with Crippen molar-refractivity contribution in [2.75, 3.05) is 5.32 Å². The Morgan fingerprint density at radius 2 is 1.50 bits per heavy atom. The Bertz CT molecular complexity index is 1220. The highest BCUT2D eigenvalue weighted by Gasteiger charge is 2.13. The minimum absolute atomic E-state index is 0.169. The second kappa shape index (κ2) is 9.71. The number of pyridine rings is 1. The highest BCUT2D eigenvalue weighted by atomic mass is 16.2. The number of nitrogens with zero attached hydrogens (tertiary/aromatic N) is 1. The van der Waals surface area contributed by atoms with Crippen molar-refractivity contribution in [1.82, 2.24) is 10.3 Å². The molecule has 0 radical (unpaired) electrons. The molecule has 0 atom stereocenters. The zero-order valence-electron chi connectivity index (χ0n) is 17.7. The lowest BCUT2D eigenvalue weighted by Crippen LogP contribution is -2.23. The van der Waals surface area contributed by atoms with Crippen LogP contribution in [0.4, 0.5) is 5.69 Å². The summed E-state index contributed by atoms with van der Waals surface area (Å²) in [5.74, 6) is -0.395. The number of nitrogens with one attached hydrogen (secondary N) is 2. The zero-order valence-corrected chi connectivity index (χ0v) is 17.7. The predicted octanol–water partition coefficient (Wildman–Crippen LogP) is 5.24. The number of rotatable bonds is 6. The van der Waals surface area contributed by atoms with E-state index in [2.05, 4.69) is 15.6 Å². The van der Waals surface area contributed by atoms with Crippen LogP contribution < -0.4 is 10.6 Å². The molecule has 2 N–H and O–H groups in total. The summed E-state index contributed by atoms with van der Waals surface area (Å²) in [4.78, 5) is 29.1. The maximum atomic E-state index is 13.0. The van der Waals surface area contributed by atoms with Crippen molar-refractivity contribution in [3.8, 4) is 11.1 Å². The number of carbonyl (C=O) groups excluding carboxylic acids is 2. The van der Waals surface area contributed by atoms with E-state index in [1.807, 2.05) is 79.7 Å². The predicted molar refractivity (Wildman–Crippen MR) is 126 cm³/mol. The lowest BCUT2D eigenvalue weighted by Gasteiger charge is -2.11. The van der Waals surface area contributed by atoms with Gasteiger partial charge in [-0.2, -0.15) is 0 Å². The van der Waals surface area contributed by atoms with Crippen molar-refractivity contribution >= 4 is 17.5 Å². The fourth-order valence-corrected chi connectivity index (χ4v) is 3.34. The Morgan fingerprint density at radius 1 is 0.781 bits per heavy atom. The van der Waals surface area contributed by atoms with Gasteiger partial charge in [0.25, 0.3) is 11.8 Å². The third kappa shape index (κ3) is 5.08. The average Bonchev–Trinajstić information content (AvgIpc) is 2.84. The number of carbonyl (C=O) groups is 2. The van der Waals surface area contributed by atoms with Crippen molar-refractivity contribution in [3.05, 3.63) is 120 Å². The van der Waals surface area contributed by atoms with Gasteiger partial charge in [0.2, 0.25) is 0 Å². The van der Waals surface area contributed by atoms with E-state index in [0.29, 0.717) is 23.5 Å². The topological polar surface area (TPSA) is 71.1 Å². The molecule has 158 valence electrons. The first kappa shape index (κ1) is 21.0. The molecule has 1 heterocycles. The number of anilines is 1. The number of hydrogen-bond donors (Lipinski definition) is 2. The highest BCUT2D eigenvalue weighted by molar-refractivity contribution is 6.08. The van der Waals surface area contributed by atoms with E-state index in [9.17, 15) is 9.59 Å². The number of benzene rings is 3. The van der Waals surface area contributed by atoms with Crippen LogP contribution >= 0.6 is 0 Å². The highest BCUT2D eigenvalue weighted by Crippen LogP contribution is 2.25. The monoisotopic (exact) mass is 421 g/mol. The smallest absolute Gasteiger partial charge is 0.270 e. The summed E-state index contributed by atoms with van der Waals surface area (Å²) < 4.78 is 0. The number of hydrogen-bond acceptors (Lipinski definition) is 3. The van der Waals surface area contributed by atoms with Crippen LogP contribution in [0.3, 0.4) is 0 Å². The molecule has 4 rings (SSSR count). The van der Waals surface area contributed by atoms with Crippen molar-refractivity contribution in [2.45, 2.75) is 13.5 Å². The van der Waals surface area contributed by atoms with E-state index >= 15 is 0 Å². The second-order valence-corrected chi connectivity index (χ2v) is 7.46. The molecule has 4 aromatic rings. The van der Waals surface area contributed by atoms with Gasteiger partial charge in [0.15, 0.2) is 0 Å². The molecule has 0 spiro atoms. The van der Waals surface area contributed by atoms with Gasteiger partial charge in [0.05, 0.1) is 0 Å². The average molecular weight is 422 g/mol.